The first kappa shape index (κ1) is 9.66. The average Bonchev–Trinajstić information content (AvgIpc) is 2.10. The Balaban J connectivity index is 3.25. The predicted molar refractivity (Wildman–Crippen MR) is 45.1 cm³/mol. The molecule has 0 aliphatic heterocycles. The summed E-state index contributed by atoms with van der Waals surface area (Å²) in [5, 5.41) is 8.53. The van der Waals surface area contributed by atoms with Crippen molar-refractivity contribution in [1.82, 2.24) is 0 Å². The average molecular weight is 181 g/mol. The molecule has 68 valence electrons. The van der Waals surface area contributed by atoms with Crippen LogP contribution in [0, 0.1) is 29.9 Å². The van der Waals surface area contributed by atoms with E-state index in [-0.39, 0.29) is 11.1 Å². The van der Waals surface area contributed by atoms with Crippen molar-refractivity contribution in [2.75, 3.05) is 0 Å². The summed E-state index contributed by atoms with van der Waals surface area (Å²) < 4.78 is 26.1. The van der Waals surface area contributed by atoms with Gasteiger partial charge in [0, 0.05) is 5.56 Å². The first-order chi connectivity index (χ1) is 6.06. The summed E-state index contributed by atoms with van der Waals surface area (Å²) in [6.45, 7) is 3.02. The van der Waals surface area contributed by atoms with Crippen LogP contribution in [0.1, 0.15) is 24.0 Å². The smallest absolute Gasteiger partial charge is 0.128 e. The van der Waals surface area contributed by atoms with Gasteiger partial charge in [0.15, 0.2) is 0 Å². The van der Waals surface area contributed by atoms with Crippen molar-refractivity contribution in [3.8, 4) is 6.07 Å². The molecule has 1 aromatic carbocycles. The van der Waals surface area contributed by atoms with E-state index in [1.807, 2.05) is 6.07 Å². The second-order valence-corrected chi connectivity index (χ2v) is 2.97. The lowest BCUT2D eigenvalue weighted by atomic mass is 10.0. The van der Waals surface area contributed by atoms with E-state index in [1.54, 1.807) is 0 Å². The molecular formula is C10H9F2N. The third-order valence-electron chi connectivity index (χ3n) is 1.94. The van der Waals surface area contributed by atoms with Gasteiger partial charge in [0.2, 0.25) is 0 Å². The van der Waals surface area contributed by atoms with Gasteiger partial charge < -0.3 is 0 Å². The minimum atomic E-state index is -0.616. The van der Waals surface area contributed by atoms with Gasteiger partial charge in [-0.25, -0.2) is 8.78 Å². The zero-order valence-electron chi connectivity index (χ0n) is 7.44. The van der Waals surface area contributed by atoms with Gasteiger partial charge in [0.05, 0.1) is 12.0 Å². The predicted octanol–water partition coefficient (Wildman–Crippen LogP) is 2.90. The van der Waals surface area contributed by atoms with Crippen molar-refractivity contribution in [2.24, 2.45) is 0 Å². The Bertz CT molecular complexity index is 366. The van der Waals surface area contributed by atoms with E-state index >= 15 is 0 Å². The molecule has 13 heavy (non-hydrogen) atoms. The normalized spacial score (nSPS) is 12.2. The van der Waals surface area contributed by atoms with Crippen LogP contribution in [-0.2, 0) is 0 Å². The van der Waals surface area contributed by atoms with Crippen LogP contribution in [0.4, 0.5) is 8.78 Å². The summed E-state index contributed by atoms with van der Waals surface area (Å²) in [6, 6.07) is 4.05. The topological polar surface area (TPSA) is 23.8 Å². The molecule has 0 radical (unpaired) electrons. The lowest BCUT2D eigenvalue weighted by Crippen LogP contribution is -1.97. The van der Waals surface area contributed by atoms with Crippen LogP contribution in [-0.4, -0.2) is 0 Å². The fourth-order valence-corrected chi connectivity index (χ4v) is 1.06. The molecule has 0 aliphatic rings. The van der Waals surface area contributed by atoms with E-state index in [0.717, 1.165) is 12.1 Å². The molecule has 1 atom stereocenters. The standard InChI is InChI=1S/C10H9F2N/c1-6-3-10(12)8(4-9(6)11)7(2)5-13/h3-4,7H,1-2H3. The fourth-order valence-electron chi connectivity index (χ4n) is 1.06. The molecule has 0 spiro atoms. The van der Waals surface area contributed by atoms with Gasteiger partial charge >= 0.3 is 0 Å². The Labute approximate surface area is 75.6 Å². The maximum Gasteiger partial charge on any atom is 0.128 e. The number of aryl methyl sites for hydroxylation is 1. The molecule has 0 bridgehead atoms. The van der Waals surface area contributed by atoms with E-state index < -0.39 is 17.6 Å². The van der Waals surface area contributed by atoms with Gasteiger partial charge in [-0.2, -0.15) is 5.26 Å². The van der Waals surface area contributed by atoms with Crippen molar-refractivity contribution in [2.45, 2.75) is 19.8 Å². The van der Waals surface area contributed by atoms with Crippen LogP contribution in [0.3, 0.4) is 0 Å². The highest BCUT2D eigenvalue weighted by Crippen LogP contribution is 2.21. The van der Waals surface area contributed by atoms with Gasteiger partial charge in [-0.15, -0.1) is 0 Å². The molecule has 1 nitrogen and oxygen atoms in total. The zero-order chi connectivity index (χ0) is 10.0. The minimum Gasteiger partial charge on any atom is -0.207 e. The lowest BCUT2D eigenvalue weighted by molar-refractivity contribution is 0.575. The van der Waals surface area contributed by atoms with E-state index in [2.05, 4.69) is 0 Å². The number of hydrogen-bond acceptors (Lipinski definition) is 1. The molecule has 0 heterocycles. The van der Waals surface area contributed by atoms with Crippen molar-refractivity contribution in [3.63, 3.8) is 0 Å². The third kappa shape index (κ3) is 1.83. The van der Waals surface area contributed by atoms with Crippen LogP contribution < -0.4 is 0 Å². The van der Waals surface area contributed by atoms with Gasteiger partial charge in [-0.1, -0.05) is 0 Å². The van der Waals surface area contributed by atoms with Crippen molar-refractivity contribution in [3.05, 3.63) is 34.9 Å². The largest absolute Gasteiger partial charge is 0.207 e. The maximum absolute atomic E-state index is 13.2. The summed E-state index contributed by atoms with van der Waals surface area (Å²) in [7, 11) is 0. The van der Waals surface area contributed by atoms with Crippen molar-refractivity contribution < 1.29 is 8.78 Å². The molecule has 0 amide bonds. The Kier molecular flexibility index (Phi) is 2.62. The monoisotopic (exact) mass is 181 g/mol. The zero-order valence-corrected chi connectivity index (χ0v) is 7.44. The maximum atomic E-state index is 13.2. The summed E-state index contributed by atoms with van der Waals surface area (Å²) in [5.41, 5.74) is 0.372. The Morgan fingerprint density at radius 2 is 1.92 bits per heavy atom. The highest BCUT2D eigenvalue weighted by atomic mass is 19.1. The minimum absolute atomic E-state index is 0.116. The lowest BCUT2D eigenvalue weighted by Gasteiger charge is -2.06. The SMILES string of the molecule is Cc1cc(F)c(C(C)C#N)cc1F. The van der Waals surface area contributed by atoms with Crippen LogP contribution in [0.5, 0.6) is 0 Å². The molecule has 0 aromatic heterocycles. The number of nitriles is 1. The molecular weight excluding hydrogens is 172 g/mol. The van der Waals surface area contributed by atoms with Gasteiger partial charge in [-0.3, -0.25) is 0 Å². The fraction of sp³-hybridized carbons (Fsp3) is 0.300. The van der Waals surface area contributed by atoms with E-state index in [4.69, 9.17) is 5.26 Å². The summed E-state index contributed by atoms with van der Waals surface area (Å²) in [5.74, 6) is -1.61. The first-order valence-corrected chi connectivity index (χ1v) is 3.91. The second kappa shape index (κ2) is 3.53. The van der Waals surface area contributed by atoms with Crippen LogP contribution in [0.2, 0.25) is 0 Å². The highest BCUT2D eigenvalue weighted by molar-refractivity contribution is 5.30. The molecule has 1 aromatic rings. The van der Waals surface area contributed by atoms with E-state index in [0.29, 0.717) is 0 Å². The molecule has 0 N–H and O–H groups in total. The number of hydrogen-bond donors (Lipinski definition) is 0. The Morgan fingerprint density at radius 1 is 1.31 bits per heavy atom. The van der Waals surface area contributed by atoms with E-state index in [9.17, 15) is 8.78 Å². The van der Waals surface area contributed by atoms with Gasteiger partial charge in [0.1, 0.15) is 11.6 Å². The third-order valence-corrected chi connectivity index (χ3v) is 1.94. The molecule has 0 fully saturated rings. The Morgan fingerprint density at radius 3 is 2.46 bits per heavy atom. The van der Waals surface area contributed by atoms with Crippen LogP contribution in [0.25, 0.3) is 0 Å². The molecule has 3 heteroatoms. The van der Waals surface area contributed by atoms with Crippen molar-refractivity contribution >= 4 is 0 Å². The summed E-state index contributed by atoms with van der Waals surface area (Å²) >= 11 is 0. The molecule has 0 saturated heterocycles. The summed E-state index contributed by atoms with van der Waals surface area (Å²) in [6.07, 6.45) is 0. The number of rotatable bonds is 1. The van der Waals surface area contributed by atoms with Crippen molar-refractivity contribution in [1.29, 1.82) is 5.26 Å². The quantitative estimate of drug-likeness (QED) is 0.653. The summed E-state index contributed by atoms with van der Waals surface area (Å²) in [4.78, 5) is 0. The molecule has 0 aliphatic carbocycles. The number of benzene rings is 1. The highest BCUT2D eigenvalue weighted by Gasteiger charge is 2.12. The Hall–Kier alpha value is -1.43. The second-order valence-electron chi connectivity index (χ2n) is 2.97. The van der Waals surface area contributed by atoms with Gasteiger partial charge in [-0.05, 0) is 31.5 Å². The van der Waals surface area contributed by atoms with Gasteiger partial charge in [0.25, 0.3) is 0 Å². The molecule has 1 unspecified atom stereocenters. The first-order valence-electron chi connectivity index (χ1n) is 3.91. The van der Waals surface area contributed by atoms with Crippen LogP contribution >= 0.6 is 0 Å². The molecule has 0 saturated carbocycles. The van der Waals surface area contributed by atoms with E-state index in [1.165, 1.54) is 13.8 Å². The number of nitrogens with zero attached hydrogens (tertiary/aromatic N) is 1. The molecule has 1 rings (SSSR count). The number of halogens is 2. The van der Waals surface area contributed by atoms with Crippen LogP contribution in [0.15, 0.2) is 12.1 Å².